The Morgan fingerprint density at radius 3 is 2.89 bits per heavy atom. The largest absolute Gasteiger partial charge is 0.380 e. The zero-order chi connectivity index (χ0) is 13.6. The standard InChI is InChI=1S/C14H14ClFN2O/c1-7(8-5-6-8)13-11(14(17)18-19-13)9-3-2-4-10(15)12(9)16/h2-4,7-8H,5-6H2,1H3,(H2,17,18). The second-order valence-corrected chi connectivity index (χ2v) is 5.44. The van der Waals surface area contributed by atoms with Gasteiger partial charge in [-0.3, -0.25) is 0 Å². The molecule has 0 spiro atoms. The van der Waals surface area contributed by atoms with Gasteiger partial charge in [-0.2, -0.15) is 0 Å². The van der Waals surface area contributed by atoms with Crippen molar-refractivity contribution >= 4 is 17.4 Å². The van der Waals surface area contributed by atoms with E-state index in [0.29, 0.717) is 22.8 Å². The lowest BCUT2D eigenvalue weighted by atomic mass is 9.95. The van der Waals surface area contributed by atoms with Gasteiger partial charge in [0.2, 0.25) is 0 Å². The smallest absolute Gasteiger partial charge is 0.175 e. The molecule has 1 aliphatic rings. The molecular formula is C14H14ClFN2O. The van der Waals surface area contributed by atoms with E-state index in [-0.39, 0.29) is 16.8 Å². The van der Waals surface area contributed by atoms with Crippen molar-refractivity contribution in [2.45, 2.75) is 25.7 Å². The lowest BCUT2D eigenvalue weighted by Crippen LogP contribution is -1.99. The molecule has 1 heterocycles. The Balaban J connectivity index is 2.13. The summed E-state index contributed by atoms with van der Waals surface area (Å²) in [5, 5.41) is 3.86. The molecule has 5 heteroatoms. The van der Waals surface area contributed by atoms with Gasteiger partial charge in [0.25, 0.3) is 0 Å². The summed E-state index contributed by atoms with van der Waals surface area (Å²) in [5.74, 6) is 1.15. The number of hydrogen-bond acceptors (Lipinski definition) is 3. The second kappa shape index (κ2) is 4.53. The Labute approximate surface area is 115 Å². The van der Waals surface area contributed by atoms with Crippen LogP contribution in [-0.4, -0.2) is 5.16 Å². The van der Waals surface area contributed by atoms with Gasteiger partial charge in [-0.05, 0) is 24.8 Å². The first-order valence-electron chi connectivity index (χ1n) is 6.29. The Kier molecular flexibility index (Phi) is 2.97. The van der Waals surface area contributed by atoms with Crippen molar-refractivity contribution in [1.29, 1.82) is 0 Å². The average Bonchev–Trinajstić information content (AvgIpc) is 3.16. The predicted molar refractivity (Wildman–Crippen MR) is 72.5 cm³/mol. The Morgan fingerprint density at radius 1 is 1.47 bits per heavy atom. The average molecular weight is 281 g/mol. The molecule has 0 saturated heterocycles. The summed E-state index contributed by atoms with van der Waals surface area (Å²) < 4.78 is 19.5. The molecule has 0 radical (unpaired) electrons. The number of halogens is 2. The molecule has 0 bridgehead atoms. The van der Waals surface area contributed by atoms with Crippen LogP contribution in [-0.2, 0) is 0 Å². The highest BCUT2D eigenvalue weighted by atomic mass is 35.5. The van der Waals surface area contributed by atoms with Crippen LogP contribution in [0.4, 0.5) is 10.2 Å². The number of rotatable bonds is 3. The van der Waals surface area contributed by atoms with Crippen molar-refractivity contribution < 1.29 is 8.91 Å². The third-order valence-electron chi connectivity index (χ3n) is 3.71. The van der Waals surface area contributed by atoms with Gasteiger partial charge in [0.15, 0.2) is 5.82 Å². The number of anilines is 1. The molecule has 19 heavy (non-hydrogen) atoms. The maximum Gasteiger partial charge on any atom is 0.175 e. The quantitative estimate of drug-likeness (QED) is 0.915. The van der Waals surface area contributed by atoms with Crippen LogP contribution in [0.5, 0.6) is 0 Å². The van der Waals surface area contributed by atoms with Crippen molar-refractivity contribution in [1.82, 2.24) is 5.16 Å². The summed E-state index contributed by atoms with van der Waals surface area (Å²) >= 11 is 5.82. The van der Waals surface area contributed by atoms with Gasteiger partial charge in [0.05, 0.1) is 10.6 Å². The minimum absolute atomic E-state index is 0.0723. The zero-order valence-electron chi connectivity index (χ0n) is 10.5. The van der Waals surface area contributed by atoms with E-state index in [2.05, 4.69) is 12.1 Å². The zero-order valence-corrected chi connectivity index (χ0v) is 11.2. The van der Waals surface area contributed by atoms with Crippen LogP contribution in [0.1, 0.15) is 31.4 Å². The Bertz CT molecular complexity index is 622. The Hall–Kier alpha value is -1.55. The van der Waals surface area contributed by atoms with Crippen molar-refractivity contribution in [3.05, 3.63) is 34.8 Å². The summed E-state index contributed by atoms with van der Waals surface area (Å²) in [6, 6.07) is 4.85. The van der Waals surface area contributed by atoms with Gasteiger partial charge in [0, 0.05) is 11.5 Å². The number of nitrogens with two attached hydrogens (primary N) is 1. The highest BCUT2D eigenvalue weighted by Crippen LogP contribution is 2.46. The van der Waals surface area contributed by atoms with Gasteiger partial charge in [0.1, 0.15) is 11.6 Å². The molecule has 1 saturated carbocycles. The monoisotopic (exact) mass is 280 g/mol. The van der Waals surface area contributed by atoms with Crippen molar-refractivity contribution in [3.63, 3.8) is 0 Å². The van der Waals surface area contributed by atoms with E-state index in [0.717, 1.165) is 0 Å². The van der Waals surface area contributed by atoms with Crippen LogP contribution in [0.15, 0.2) is 22.7 Å². The molecule has 2 N–H and O–H groups in total. The lowest BCUT2D eigenvalue weighted by Gasteiger charge is -2.10. The van der Waals surface area contributed by atoms with E-state index < -0.39 is 5.82 Å². The third-order valence-corrected chi connectivity index (χ3v) is 4.00. The van der Waals surface area contributed by atoms with E-state index >= 15 is 0 Å². The van der Waals surface area contributed by atoms with Gasteiger partial charge in [-0.25, -0.2) is 4.39 Å². The fraction of sp³-hybridized carbons (Fsp3) is 0.357. The first kappa shape index (κ1) is 12.5. The molecule has 3 rings (SSSR count). The van der Waals surface area contributed by atoms with E-state index in [1.54, 1.807) is 12.1 Å². The number of hydrogen-bond donors (Lipinski definition) is 1. The normalized spacial score (nSPS) is 16.6. The first-order chi connectivity index (χ1) is 9.09. The minimum Gasteiger partial charge on any atom is -0.380 e. The van der Waals surface area contributed by atoms with Gasteiger partial charge < -0.3 is 10.3 Å². The number of nitrogen functional groups attached to an aromatic ring is 1. The number of nitrogens with zero attached hydrogens (tertiary/aromatic N) is 1. The lowest BCUT2D eigenvalue weighted by molar-refractivity contribution is 0.358. The van der Waals surface area contributed by atoms with Crippen LogP contribution in [0.2, 0.25) is 5.02 Å². The van der Waals surface area contributed by atoms with Gasteiger partial charge in [-0.15, -0.1) is 0 Å². The van der Waals surface area contributed by atoms with E-state index in [4.69, 9.17) is 21.9 Å². The van der Waals surface area contributed by atoms with Crippen LogP contribution in [0.3, 0.4) is 0 Å². The molecule has 1 aliphatic carbocycles. The molecule has 3 nitrogen and oxygen atoms in total. The third kappa shape index (κ3) is 2.10. The van der Waals surface area contributed by atoms with Crippen molar-refractivity contribution in [3.8, 4) is 11.1 Å². The Morgan fingerprint density at radius 2 is 2.21 bits per heavy atom. The fourth-order valence-corrected chi connectivity index (χ4v) is 2.58. The number of benzene rings is 1. The molecule has 1 unspecified atom stereocenters. The molecule has 0 amide bonds. The molecule has 0 aliphatic heterocycles. The van der Waals surface area contributed by atoms with E-state index in [1.165, 1.54) is 18.9 Å². The molecule has 100 valence electrons. The topological polar surface area (TPSA) is 52.0 Å². The highest BCUT2D eigenvalue weighted by Gasteiger charge is 2.34. The maximum absolute atomic E-state index is 14.1. The maximum atomic E-state index is 14.1. The molecule has 1 aromatic heterocycles. The van der Waals surface area contributed by atoms with Crippen LogP contribution in [0.25, 0.3) is 11.1 Å². The predicted octanol–water partition coefficient (Wildman–Crippen LogP) is 4.23. The first-order valence-corrected chi connectivity index (χ1v) is 6.66. The molecule has 1 aromatic carbocycles. The van der Waals surface area contributed by atoms with Crippen molar-refractivity contribution in [2.24, 2.45) is 5.92 Å². The van der Waals surface area contributed by atoms with E-state index in [1.807, 2.05) is 0 Å². The summed E-state index contributed by atoms with van der Waals surface area (Å²) in [4.78, 5) is 0. The van der Waals surface area contributed by atoms with Crippen molar-refractivity contribution in [2.75, 3.05) is 5.73 Å². The molecule has 2 aromatic rings. The summed E-state index contributed by atoms with van der Waals surface area (Å²) in [7, 11) is 0. The second-order valence-electron chi connectivity index (χ2n) is 5.03. The summed E-state index contributed by atoms with van der Waals surface area (Å²) in [6.45, 7) is 2.06. The van der Waals surface area contributed by atoms with Gasteiger partial charge in [-0.1, -0.05) is 35.8 Å². The fourth-order valence-electron chi connectivity index (χ4n) is 2.40. The highest BCUT2D eigenvalue weighted by molar-refractivity contribution is 6.31. The van der Waals surface area contributed by atoms with Crippen LogP contribution >= 0.6 is 11.6 Å². The van der Waals surface area contributed by atoms with E-state index in [9.17, 15) is 4.39 Å². The van der Waals surface area contributed by atoms with Crippen LogP contribution in [0, 0.1) is 11.7 Å². The van der Waals surface area contributed by atoms with Gasteiger partial charge >= 0.3 is 0 Å². The molecule has 1 atom stereocenters. The minimum atomic E-state index is -0.483. The summed E-state index contributed by atoms with van der Waals surface area (Å²) in [6.07, 6.45) is 2.33. The SMILES string of the molecule is CC(c1onc(N)c1-c1cccc(Cl)c1F)C1CC1. The number of aromatic nitrogens is 1. The summed E-state index contributed by atoms with van der Waals surface area (Å²) in [5.41, 5.74) is 6.73. The molecule has 1 fully saturated rings. The molecular weight excluding hydrogens is 267 g/mol. The van der Waals surface area contributed by atoms with Crippen LogP contribution < -0.4 is 5.73 Å².